The van der Waals surface area contributed by atoms with Gasteiger partial charge in [-0.15, -0.1) is 0 Å². The van der Waals surface area contributed by atoms with Crippen LogP contribution in [0.2, 0.25) is 0 Å². The van der Waals surface area contributed by atoms with Gasteiger partial charge in [0.25, 0.3) is 0 Å². The molecule has 1 aromatic carbocycles. The SMILES string of the molecule is C[C@H](NCC(C)(C)C)[C@H]([O-])c1ccccc1.[Li+]. The fraction of sp³-hybridized carbons (Fsp3) is 0.571. The molecule has 1 rings (SSSR count). The average Bonchev–Trinajstić information content (AvgIpc) is 2.25. The fourth-order valence-corrected chi connectivity index (χ4v) is 1.51. The van der Waals surface area contributed by atoms with Crippen LogP contribution in [-0.2, 0) is 0 Å². The monoisotopic (exact) mass is 227 g/mol. The zero-order valence-electron chi connectivity index (χ0n) is 11.7. The number of hydrogen-bond acceptors (Lipinski definition) is 2. The van der Waals surface area contributed by atoms with Crippen molar-refractivity contribution in [3.8, 4) is 0 Å². The van der Waals surface area contributed by atoms with Crippen molar-refractivity contribution in [2.24, 2.45) is 5.41 Å². The molecule has 2 nitrogen and oxygen atoms in total. The molecule has 2 atom stereocenters. The molecule has 1 aromatic rings. The Hall–Kier alpha value is -0.263. The van der Waals surface area contributed by atoms with Crippen LogP contribution in [0.15, 0.2) is 30.3 Å². The summed E-state index contributed by atoms with van der Waals surface area (Å²) >= 11 is 0. The average molecular weight is 227 g/mol. The summed E-state index contributed by atoms with van der Waals surface area (Å²) in [6.07, 6.45) is -0.691. The Labute approximate surface area is 117 Å². The molecule has 0 aliphatic carbocycles. The molecule has 0 radical (unpaired) electrons. The van der Waals surface area contributed by atoms with Crippen molar-refractivity contribution in [3.63, 3.8) is 0 Å². The Morgan fingerprint density at radius 2 is 1.71 bits per heavy atom. The summed E-state index contributed by atoms with van der Waals surface area (Å²) in [4.78, 5) is 0. The summed E-state index contributed by atoms with van der Waals surface area (Å²) < 4.78 is 0. The third-order valence-electron chi connectivity index (χ3n) is 2.54. The molecule has 0 amide bonds. The summed E-state index contributed by atoms with van der Waals surface area (Å²) in [7, 11) is 0. The Balaban J connectivity index is 0.00000256. The van der Waals surface area contributed by atoms with Crippen molar-refractivity contribution in [2.45, 2.75) is 39.8 Å². The van der Waals surface area contributed by atoms with Gasteiger partial charge >= 0.3 is 18.9 Å². The molecule has 0 bridgehead atoms. The first-order chi connectivity index (χ1) is 7.40. The Morgan fingerprint density at radius 1 is 1.18 bits per heavy atom. The molecule has 0 fully saturated rings. The summed E-state index contributed by atoms with van der Waals surface area (Å²) in [5.41, 5.74) is 1.07. The van der Waals surface area contributed by atoms with E-state index in [2.05, 4.69) is 26.1 Å². The smallest absolute Gasteiger partial charge is 0.847 e. The van der Waals surface area contributed by atoms with Gasteiger partial charge < -0.3 is 10.4 Å². The van der Waals surface area contributed by atoms with Gasteiger partial charge in [0, 0.05) is 6.54 Å². The van der Waals surface area contributed by atoms with Crippen LogP contribution in [0.5, 0.6) is 0 Å². The second kappa shape index (κ2) is 7.23. The van der Waals surface area contributed by atoms with E-state index in [1.165, 1.54) is 0 Å². The molecular formula is C14H22LiNO. The number of rotatable bonds is 4. The van der Waals surface area contributed by atoms with Crippen molar-refractivity contribution in [1.29, 1.82) is 0 Å². The fourth-order valence-electron chi connectivity index (χ4n) is 1.51. The second-order valence-electron chi connectivity index (χ2n) is 5.56. The van der Waals surface area contributed by atoms with Crippen LogP contribution in [0.1, 0.15) is 39.4 Å². The van der Waals surface area contributed by atoms with E-state index in [0.717, 1.165) is 12.1 Å². The minimum Gasteiger partial charge on any atom is -0.847 e. The molecule has 17 heavy (non-hydrogen) atoms. The summed E-state index contributed by atoms with van der Waals surface area (Å²) in [6.45, 7) is 9.30. The summed E-state index contributed by atoms with van der Waals surface area (Å²) in [5, 5.41) is 15.4. The quantitative estimate of drug-likeness (QED) is 0.678. The topological polar surface area (TPSA) is 35.1 Å². The number of benzene rings is 1. The number of nitrogens with one attached hydrogen (secondary N) is 1. The van der Waals surface area contributed by atoms with Crippen LogP contribution in [-0.4, -0.2) is 12.6 Å². The molecule has 3 heteroatoms. The van der Waals surface area contributed by atoms with Crippen molar-refractivity contribution in [1.82, 2.24) is 5.32 Å². The molecule has 0 heterocycles. The minimum atomic E-state index is -0.691. The molecule has 1 N–H and O–H groups in total. The van der Waals surface area contributed by atoms with Gasteiger partial charge in [0.05, 0.1) is 0 Å². The zero-order valence-corrected chi connectivity index (χ0v) is 11.7. The van der Waals surface area contributed by atoms with Crippen LogP contribution in [0, 0.1) is 5.41 Å². The van der Waals surface area contributed by atoms with Crippen LogP contribution >= 0.6 is 0 Å². The van der Waals surface area contributed by atoms with E-state index < -0.39 is 6.10 Å². The van der Waals surface area contributed by atoms with Crippen LogP contribution in [0.3, 0.4) is 0 Å². The summed E-state index contributed by atoms with van der Waals surface area (Å²) in [5.74, 6) is 0. The second-order valence-corrected chi connectivity index (χ2v) is 5.56. The van der Waals surface area contributed by atoms with Crippen molar-refractivity contribution >= 4 is 0 Å². The molecule has 0 unspecified atom stereocenters. The van der Waals surface area contributed by atoms with E-state index in [1.54, 1.807) is 0 Å². The molecule has 0 aliphatic heterocycles. The van der Waals surface area contributed by atoms with Crippen LogP contribution in [0.4, 0.5) is 0 Å². The van der Waals surface area contributed by atoms with Gasteiger partial charge in [0.15, 0.2) is 0 Å². The third-order valence-corrected chi connectivity index (χ3v) is 2.54. The van der Waals surface area contributed by atoms with Crippen molar-refractivity contribution in [2.75, 3.05) is 6.54 Å². The van der Waals surface area contributed by atoms with Crippen LogP contribution < -0.4 is 29.3 Å². The van der Waals surface area contributed by atoms with E-state index in [0.29, 0.717) is 0 Å². The minimum absolute atomic E-state index is 0. The van der Waals surface area contributed by atoms with E-state index in [9.17, 15) is 5.11 Å². The van der Waals surface area contributed by atoms with E-state index >= 15 is 0 Å². The molecule has 90 valence electrons. The molecular weight excluding hydrogens is 205 g/mol. The molecule has 0 saturated heterocycles. The maximum Gasteiger partial charge on any atom is 1.00 e. The van der Waals surface area contributed by atoms with Gasteiger partial charge in [0.1, 0.15) is 0 Å². The van der Waals surface area contributed by atoms with Gasteiger partial charge in [-0.1, -0.05) is 69.7 Å². The Kier molecular flexibility index (Phi) is 7.12. The van der Waals surface area contributed by atoms with Crippen molar-refractivity contribution in [3.05, 3.63) is 35.9 Å². The van der Waals surface area contributed by atoms with Gasteiger partial charge in [-0.25, -0.2) is 0 Å². The first-order valence-electron chi connectivity index (χ1n) is 5.84. The predicted octanol–water partition coefficient (Wildman–Crippen LogP) is -0.884. The zero-order chi connectivity index (χ0) is 12.2. The van der Waals surface area contributed by atoms with Gasteiger partial charge in [-0.05, 0) is 11.5 Å². The van der Waals surface area contributed by atoms with Gasteiger partial charge in [-0.3, -0.25) is 0 Å². The Bertz CT molecular complexity index is 308. The molecule has 0 saturated carbocycles. The standard InChI is InChI=1S/C14H22NO.Li/c1-11(15-10-14(2,3)4)13(16)12-8-6-5-7-9-12;/h5-9,11,13,15H,10H2,1-4H3;/q-1;+1/t11-,13-;/m0./s1. The van der Waals surface area contributed by atoms with Crippen LogP contribution in [0.25, 0.3) is 0 Å². The maximum atomic E-state index is 12.1. The maximum absolute atomic E-state index is 12.1. The first kappa shape index (κ1) is 16.7. The molecule has 0 aliphatic rings. The van der Waals surface area contributed by atoms with Gasteiger partial charge in [-0.2, -0.15) is 0 Å². The normalized spacial score (nSPS) is 14.9. The van der Waals surface area contributed by atoms with E-state index in [1.807, 2.05) is 37.3 Å². The van der Waals surface area contributed by atoms with Crippen molar-refractivity contribution < 1.29 is 24.0 Å². The summed E-state index contributed by atoms with van der Waals surface area (Å²) in [6, 6.07) is 9.51. The van der Waals surface area contributed by atoms with E-state index in [4.69, 9.17) is 0 Å². The molecule has 0 aromatic heterocycles. The Morgan fingerprint density at radius 3 is 2.18 bits per heavy atom. The number of hydrogen-bond donors (Lipinski definition) is 1. The molecule has 0 spiro atoms. The van der Waals surface area contributed by atoms with Gasteiger partial charge in [0.2, 0.25) is 0 Å². The predicted molar refractivity (Wildman–Crippen MR) is 66.1 cm³/mol. The first-order valence-corrected chi connectivity index (χ1v) is 5.84. The largest absolute Gasteiger partial charge is 1.00 e. The third kappa shape index (κ3) is 6.29. The van der Waals surface area contributed by atoms with E-state index in [-0.39, 0.29) is 30.3 Å².